The quantitative estimate of drug-likeness (QED) is 0.784. The van der Waals surface area contributed by atoms with Gasteiger partial charge >= 0.3 is 5.97 Å². The monoisotopic (exact) mass is 298 g/mol. The number of carbonyl (C=O) groups excluding carboxylic acids is 2. The minimum Gasteiger partial charge on any atom is -0.467 e. The number of amides is 1. The van der Waals surface area contributed by atoms with Crippen LogP contribution in [0, 0.1) is 0 Å². The van der Waals surface area contributed by atoms with Crippen LogP contribution in [0.15, 0.2) is 24.3 Å². The normalized spacial score (nSPS) is 13.4. The van der Waals surface area contributed by atoms with Crippen LogP contribution in [0.1, 0.15) is 25.5 Å². The number of rotatable bonds is 6. The highest BCUT2D eigenvalue weighted by Crippen LogP contribution is 2.17. The molecular weight excluding hydrogens is 280 g/mol. The Kier molecular flexibility index (Phi) is 6.48. The highest BCUT2D eigenvalue weighted by atomic mass is 35.5. The minimum atomic E-state index is -0.709. The van der Waals surface area contributed by atoms with Crippen LogP contribution in [-0.4, -0.2) is 31.6 Å². The summed E-state index contributed by atoms with van der Waals surface area (Å²) in [6.07, 6.45) is 0. The molecule has 5 nitrogen and oxygen atoms in total. The third-order valence-electron chi connectivity index (χ3n) is 2.84. The molecule has 0 aromatic heterocycles. The first-order chi connectivity index (χ1) is 9.43. The molecule has 0 radical (unpaired) electrons. The van der Waals surface area contributed by atoms with E-state index >= 15 is 0 Å². The van der Waals surface area contributed by atoms with Crippen LogP contribution in [0.3, 0.4) is 0 Å². The van der Waals surface area contributed by atoms with E-state index in [0.29, 0.717) is 5.02 Å². The molecule has 0 fully saturated rings. The Morgan fingerprint density at radius 1 is 1.40 bits per heavy atom. The average Bonchev–Trinajstić information content (AvgIpc) is 2.41. The molecule has 0 spiro atoms. The van der Waals surface area contributed by atoms with Gasteiger partial charge < -0.3 is 15.4 Å². The van der Waals surface area contributed by atoms with Crippen molar-refractivity contribution in [3.05, 3.63) is 34.9 Å². The molecule has 2 unspecified atom stereocenters. The Labute approximate surface area is 123 Å². The molecule has 1 rings (SSSR count). The number of hydrogen-bond acceptors (Lipinski definition) is 4. The molecule has 110 valence electrons. The van der Waals surface area contributed by atoms with E-state index in [1.165, 1.54) is 14.0 Å². The van der Waals surface area contributed by atoms with Crippen molar-refractivity contribution in [2.45, 2.75) is 25.9 Å². The lowest BCUT2D eigenvalue weighted by atomic mass is 10.1. The van der Waals surface area contributed by atoms with E-state index in [1.807, 2.05) is 25.1 Å². The predicted molar refractivity (Wildman–Crippen MR) is 77.5 cm³/mol. The highest BCUT2D eigenvalue weighted by molar-refractivity contribution is 6.30. The second-order valence-corrected chi connectivity index (χ2v) is 4.90. The topological polar surface area (TPSA) is 67.4 Å². The van der Waals surface area contributed by atoms with Crippen molar-refractivity contribution in [1.82, 2.24) is 10.6 Å². The molecule has 0 saturated carbocycles. The van der Waals surface area contributed by atoms with Gasteiger partial charge in [-0.05, 0) is 24.6 Å². The van der Waals surface area contributed by atoms with Gasteiger partial charge in [0.25, 0.3) is 0 Å². The second kappa shape index (κ2) is 7.87. The zero-order valence-electron chi connectivity index (χ0n) is 11.8. The number of benzene rings is 1. The number of halogens is 1. The molecule has 0 heterocycles. The summed E-state index contributed by atoms with van der Waals surface area (Å²) in [4.78, 5) is 22.6. The van der Waals surface area contributed by atoms with Crippen LogP contribution in [-0.2, 0) is 14.3 Å². The molecule has 20 heavy (non-hydrogen) atoms. The third-order valence-corrected chi connectivity index (χ3v) is 3.08. The zero-order valence-corrected chi connectivity index (χ0v) is 12.5. The molecule has 1 aromatic carbocycles. The number of ether oxygens (including phenoxy) is 1. The van der Waals surface area contributed by atoms with Crippen LogP contribution in [0.25, 0.3) is 0 Å². The lowest BCUT2D eigenvalue weighted by molar-refractivity contribution is -0.144. The van der Waals surface area contributed by atoms with Crippen LogP contribution < -0.4 is 10.6 Å². The average molecular weight is 299 g/mol. The largest absolute Gasteiger partial charge is 0.467 e. The Bertz CT molecular complexity index is 479. The number of methoxy groups -OCH3 is 1. The van der Waals surface area contributed by atoms with E-state index < -0.39 is 12.0 Å². The van der Waals surface area contributed by atoms with Crippen molar-refractivity contribution < 1.29 is 14.3 Å². The number of carbonyl (C=O) groups is 2. The maximum Gasteiger partial charge on any atom is 0.329 e. The van der Waals surface area contributed by atoms with E-state index in [1.54, 1.807) is 6.07 Å². The first-order valence-electron chi connectivity index (χ1n) is 6.27. The van der Waals surface area contributed by atoms with E-state index in [0.717, 1.165) is 5.56 Å². The van der Waals surface area contributed by atoms with Gasteiger partial charge in [-0.2, -0.15) is 0 Å². The van der Waals surface area contributed by atoms with Crippen molar-refractivity contribution in [1.29, 1.82) is 0 Å². The maximum atomic E-state index is 11.6. The minimum absolute atomic E-state index is 0.00499. The van der Waals surface area contributed by atoms with Gasteiger partial charge in [0.1, 0.15) is 6.04 Å². The molecule has 0 saturated heterocycles. The summed E-state index contributed by atoms with van der Waals surface area (Å²) in [7, 11) is 1.29. The standard InChI is InChI=1S/C14H19ClN2O3/c1-9(11-5-4-6-12(15)7-11)16-8-13(14(19)20-3)17-10(2)18/h4-7,9,13,16H,8H2,1-3H3,(H,17,18). The summed E-state index contributed by atoms with van der Waals surface area (Å²) in [5.74, 6) is -0.761. The summed E-state index contributed by atoms with van der Waals surface area (Å²) >= 11 is 5.93. The van der Waals surface area contributed by atoms with Crippen LogP contribution >= 0.6 is 11.6 Å². The molecule has 0 aliphatic heterocycles. The molecule has 2 atom stereocenters. The Hall–Kier alpha value is -1.59. The van der Waals surface area contributed by atoms with Crippen LogP contribution in [0.5, 0.6) is 0 Å². The number of hydrogen-bond donors (Lipinski definition) is 2. The summed E-state index contributed by atoms with van der Waals surface area (Å²) in [6.45, 7) is 3.59. The van der Waals surface area contributed by atoms with Crippen molar-refractivity contribution >= 4 is 23.5 Å². The van der Waals surface area contributed by atoms with Crippen molar-refractivity contribution in [3.63, 3.8) is 0 Å². The summed E-state index contributed by atoms with van der Waals surface area (Å²) in [5, 5.41) is 6.37. The predicted octanol–water partition coefficient (Wildman–Crippen LogP) is 1.67. The lowest BCUT2D eigenvalue weighted by Gasteiger charge is -2.20. The van der Waals surface area contributed by atoms with Crippen molar-refractivity contribution in [2.75, 3.05) is 13.7 Å². The van der Waals surface area contributed by atoms with Gasteiger partial charge in [0.2, 0.25) is 5.91 Å². The van der Waals surface area contributed by atoms with Crippen LogP contribution in [0.4, 0.5) is 0 Å². The van der Waals surface area contributed by atoms with Crippen LogP contribution in [0.2, 0.25) is 5.02 Å². The van der Waals surface area contributed by atoms with E-state index in [4.69, 9.17) is 11.6 Å². The molecular formula is C14H19ClN2O3. The lowest BCUT2D eigenvalue weighted by Crippen LogP contribution is -2.47. The molecule has 0 bridgehead atoms. The Balaban J connectivity index is 2.62. The van der Waals surface area contributed by atoms with Gasteiger partial charge in [-0.25, -0.2) is 4.79 Å². The highest BCUT2D eigenvalue weighted by Gasteiger charge is 2.20. The summed E-state index contributed by atoms with van der Waals surface area (Å²) in [5.41, 5.74) is 1.00. The molecule has 2 N–H and O–H groups in total. The second-order valence-electron chi connectivity index (χ2n) is 4.46. The van der Waals surface area contributed by atoms with Gasteiger partial charge in [-0.3, -0.25) is 4.79 Å². The third kappa shape index (κ3) is 5.19. The van der Waals surface area contributed by atoms with Gasteiger partial charge in [-0.15, -0.1) is 0 Å². The molecule has 0 aliphatic carbocycles. The van der Waals surface area contributed by atoms with E-state index in [-0.39, 0.29) is 18.5 Å². The molecule has 0 aliphatic rings. The van der Waals surface area contributed by atoms with Crippen molar-refractivity contribution in [3.8, 4) is 0 Å². The van der Waals surface area contributed by atoms with E-state index in [2.05, 4.69) is 15.4 Å². The molecule has 6 heteroatoms. The Morgan fingerprint density at radius 3 is 2.65 bits per heavy atom. The fraction of sp³-hybridized carbons (Fsp3) is 0.429. The smallest absolute Gasteiger partial charge is 0.329 e. The maximum absolute atomic E-state index is 11.6. The van der Waals surface area contributed by atoms with Gasteiger partial charge in [0.15, 0.2) is 0 Å². The van der Waals surface area contributed by atoms with E-state index in [9.17, 15) is 9.59 Å². The van der Waals surface area contributed by atoms with Gasteiger partial charge in [0, 0.05) is 24.5 Å². The van der Waals surface area contributed by atoms with Gasteiger partial charge in [-0.1, -0.05) is 23.7 Å². The first kappa shape index (κ1) is 16.5. The molecule has 1 aromatic rings. The van der Waals surface area contributed by atoms with Crippen molar-refractivity contribution in [2.24, 2.45) is 0 Å². The fourth-order valence-electron chi connectivity index (χ4n) is 1.77. The SMILES string of the molecule is COC(=O)C(CNC(C)c1cccc(Cl)c1)NC(C)=O. The first-order valence-corrected chi connectivity index (χ1v) is 6.65. The number of nitrogens with one attached hydrogen (secondary N) is 2. The summed E-state index contributed by atoms with van der Waals surface area (Å²) in [6, 6.07) is 6.74. The fourth-order valence-corrected chi connectivity index (χ4v) is 1.97. The van der Waals surface area contributed by atoms with Gasteiger partial charge in [0.05, 0.1) is 7.11 Å². The number of esters is 1. The zero-order chi connectivity index (χ0) is 15.1. The Morgan fingerprint density at radius 2 is 2.10 bits per heavy atom. The molecule has 1 amide bonds. The summed E-state index contributed by atoms with van der Waals surface area (Å²) < 4.78 is 4.66.